The lowest BCUT2D eigenvalue weighted by Gasteiger charge is -2.30. The Morgan fingerprint density at radius 2 is 2.28 bits per heavy atom. The quantitative estimate of drug-likeness (QED) is 0.848. The molecule has 1 aromatic heterocycles. The van der Waals surface area contributed by atoms with E-state index in [1.54, 1.807) is 17.0 Å². The highest BCUT2D eigenvalue weighted by Gasteiger charge is 2.46. The second kappa shape index (κ2) is 4.80. The highest BCUT2D eigenvalue weighted by molar-refractivity contribution is 5.19. The second-order valence-electron chi connectivity index (χ2n) is 5.15. The van der Waals surface area contributed by atoms with Gasteiger partial charge in [0.1, 0.15) is 11.6 Å². The van der Waals surface area contributed by atoms with Crippen molar-refractivity contribution in [2.45, 2.75) is 44.8 Å². The van der Waals surface area contributed by atoms with E-state index in [0.29, 0.717) is 18.3 Å². The molecular weight excluding hydrogens is 226 g/mol. The Morgan fingerprint density at radius 1 is 1.56 bits per heavy atom. The number of nitrogens with zero attached hydrogens (tertiary/aromatic N) is 4. The molecule has 0 bridgehead atoms. The molecule has 1 aliphatic rings. The van der Waals surface area contributed by atoms with Crippen molar-refractivity contribution in [2.75, 3.05) is 0 Å². The summed E-state index contributed by atoms with van der Waals surface area (Å²) in [6.45, 7) is 4.55. The van der Waals surface area contributed by atoms with E-state index >= 15 is 0 Å². The van der Waals surface area contributed by atoms with Gasteiger partial charge in [-0.3, -0.25) is 5.32 Å². The van der Waals surface area contributed by atoms with Gasteiger partial charge in [0, 0.05) is 18.4 Å². The van der Waals surface area contributed by atoms with E-state index in [4.69, 9.17) is 5.26 Å². The number of nitriles is 2. The van der Waals surface area contributed by atoms with Crippen LogP contribution in [0.15, 0.2) is 12.4 Å². The molecule has 94 valence electrons. The Labute approximate surface area is 107 Å². The molecule has 1 atom stereocenters. The molecule has 1 saturated carbocycles. The summed E-state index contributed by atoms with van der Waals surface area (Å²) >= 11 is 0. The fourth-order valence-corrected chi connectivity index (χ4v) is 2.36. The molecule has 1 aromatic rings. The summed E-state index contributed by atoms with van der Waals surface area (Å²) < 4.78 is 1.76. The second-order valence-corrected chi connectivity index (χ2v) is 5.15. The van der Waals surface area contributed by atoms with Crippen molar-refractivity contribution < 1.29 is 0 Å². The van der Waals surface area contributed by atoms with Crippen LogP contribution in [0.4, 0.5) is 0 Å². The molecule has 18 heavy (non-hydrogen) atoms. The topological polar surface area (TPSA) is 77.4 Å². The Hall–Kier alpha value is -1.85. The molecule has 5 nitrogen and oxygen atoms in total. The number of nitrogens with one attached hydrogen (secondary N) is 1. The van der Waals surface area contributed by atoms with E-state index in [9.17, 15) is 5.26 Å². The van der Waals surface area contributed by atoms with Crippen LogP contribution in [-0.4, -0.2) is 21.1 Å². The normalized spacial score (nSPS) is 18.1. The molecule has 1 heterocycles. The minimum atomic E-state index is -0.583. The van der Waals surface area contributed by atoms with Crippen LogP contribution >= 0.6 is 0 Å². The molecule has 0 radical (unpaired) electrons. The molecular formula is C13H17N5. The third-order valence-electron chi connectivity index (χ3n) is 3.26. The van der Waals surface area contributed by atoms with Gasteiger partial charge in [0.15, 0.2) is 0 Å². The molecule has 0 saturated heterocycles. The van der Waals surface area contributed by atoms with Crippen molar-refractivity contribution >= 4 is 0 Å². The lowest BCUT2D eigenvalue weighted by atomic mass is 9.93. The van der Waals surface area contributed by atoms with Gasteiger partial charge in [0.05, 0.1) is 12.6 Å². The first-order chi connectivity index (χ1) is 8.61. The van der Waals surface area contributed by atoms with Crippen molar-refractivity contribution in [1.82, 2.24) is 14.9 Å². The lowest BCUT2D eigenvalue weighted by molar-refractivity contribution is 0.294. The maximum atomic E-state index is 9.57. The van der Waals surface area contributed by atoms with E-state index in [1.807, 2.05) is 19.9 Å². The summed E-state index contributed by atoms with van der Waals surface area (Å²) in [6.07, 6.45) is 5.51. The molecule has 0 spiro atoms. The predicted octanol–water partition coefficient (Wildman–Crippen LogP) is 1.43. The largest absolute Gasteiger partial charge is 0.320 e. The lowest BCUT2D eigenvalue weighted by Crippen LogP contribution is -2.52. The van der Waals surface area contributed by atoms with Crippen LogP contribution in [-0.2, 0) is 6.54 Å². The maximum Gasteiger partial charge on any atom is 0.212 e. The standard InChI is InChI=1S/C13H17N5/c1-10(2)17-13(8-15,11-3-4-11)9-18-6-5-16-12(18)7-14/h5-6,10-11,17H,3-4,9H2,1-2H3. The van der Waals surface area contributed by atoms with Gasteiger partial charge in [-0.1, -0.05) is 0 Å². The molecule has 0 aliphatic heterocycles. The Bertz CT molecular complexity index is 500. The van der Waals surface area contributed by atoms with Crippen LogP contribution in [0.1, 0.15) is 32.5 Å². The summed E-state index contributed by atoms with van der Waals surface area (Å²) in [7, 11) is 0. The van der Waals surface area contributed by atoms with Crippen molar-refractivity contribution in [1.29, 1.82) is 10.5 Å². The summed E-state index contributed by atoms with van der Waals surface area (Å²) in [4.78, 5) is 3.98. The zero-order valence-corrected chi connectivity index (χ0v) is 10.7. The first kappa shape index (κ1) is 12.6. The van der Waals surface area contributed by atoms with Crippen LogP contribution in [0.25, 0.3) is 0 Å². The number of imidazole rings is 1. The molecule has 1 fully saturated rings. The third kappa shape index (κ3) is 2.37. The fraction of sp³-hybridized carbons (Fsp3) is 0.615. The van der Waals surface area contributed by atoms with E-state index < -0.39 is 5.54 Å². The minimum absolute atomic E-state index is 0.235. The first-order valence-corrected chi connectivity index (χ1v) is 6.21. The van der Waals surface area contributed by atoms with Gasteiger partial charge in [-0.2, -0.15) is 10.5 Å². The zero-order valence-electron chi connectivity index (χ0n) is 10.7. The van der Waals surface area contributed by atoms with E-state index in [-0.39, 0.29) is 6.04 Å². The number of hydrogen-bond acceptors (Lipinski definition) is 4. The SMILES string of the molecule is CC(C)NC(C#N)(Cn1ccnc1C#N)C1CC1. The highest BCUT2D eigenvalue weighted by atomic mass is 15.1. The van der Waals surface area contributed by atoms with E-state index in [1.165, 1.54) is 0 Å². The van der Waals surface area contributed by atoms with Crippen LogP contribution in [0, 0.1) is 28.6 Å². The average molecular weight is 243 g/mol. The first-order valence-electron chi connectivity index (χ1n) is 6.21. The molecule has 1 unspecified atom stereocenters. The molecule has 1 aliphatic carbocycles. The maximum absolute atomic E-state index is 9.57. The predicted molar refractivity (Wildman–Crippen MR) is 66.3 cm³/mol. The Balaban J connectivity index is 2.26. The summed E-state index contributed by atoms with van der Waals surface area (Å²) in [5, 5.41) is 21.9. The molecule has 1 N–H and O–H groups in total. The van der Waals surface area contributed by atoms with Gasteiger partial charge in [-0.15, -0.1) is 0 Å². The fourth-order valence-electron chi connectivity index (χ4n) is 2.36. The van der Waals surface area contributed by atoms with E-state index in [2.05, 4.69) is 16.4 Å². The van der Waals surface area contributed by atoms with Crippen molar-refractivity contribution in [3.8, 4) is 12.1 Å². The van der Waals surface area contributed by atoms with Gasteiger partial charge in [-0.05, 0) is 32.6 Å². The van der Waals surface area contributed by atoms with Crippen LogP contribution < -0.4 is 5.32 Å². The molecule has 5 heteroatoms. The zero-order chi connectivity index (χ0) is 13.2. The summed E-state index contributed by atoms with van der Waals surface area (Å²) in [5.41, 5.74) is -0.583. The molecule has 0 amide bonds. The van der Waals surface area contributed by atoms with Gasteiger partial charge in [-0.25, -0.2) is 4.98 Å². The molecule has 2 rings (SSSR count). The van der Waals surface area contributed by atoms with Gasteiger partial charge < -0.3 is 4.57 Å². The van der Waals surface area contributed by atoms with Gasteiger partial charge in [0.2, 0.25) is 5.82 Å². The number of rotatable bonds is 5. The van der Waals surface area contributed by atoms with Crippen LogP contribution in [0.5, 0.6) is 0 Å². The smallest absolute Gasteiger partial charge is 0.212 e. The monoisotopic (exact) mass is 243 g/mol. The van der Waals surface area contributed by atoms with E-state index in [0.717, 1.165) is 12.8 Å². The number of aromatic nitrogens is 2. The van der Waals surface area contributed by atoms with Crippen molar-refractivity contribution in [3.05, 3.63) is 18.2 Å². The Kier molecular flexibility index (Phi) is 3.36. The van der Waals surface area contributed by atoms with Crippen molar-refractivity contribution in [2.24, 2.45) is 5.92 Å². The third-order valence-corrected chi connectivity index (χ3v) is 3.26. The summed E-state index contributed by atoms with van der Waals surface area (Å²) in [6, 6.07) is 4.71. The highest BCUT2D eigenvalue weighted by Crippen LogP contribution is 2.40. The summed E-state index contributed by atoms with van der Waals surface area (Å²) in [5.74, 6) is 0.736. The average Bonchev–Trinajstić information content (AvgIpc) is 3.10. The Morgan fingerprint density at radius 3 is 2.78 bits per heavy atom. The van der Waals surface area contributed by atoms with Crippen LogP contribution in [0.2, 0.25) is 0 Å². The minimum Gasteiger partial charge on any atom is -0.320 e. The van der Waals surface area contributed by atoms with Crippen molar-refractivity contribution in [3.63, 3.8) is 0 Å². The molecule has 0 aromatic carbocycles. The van der Waals surface area contributed by atoms with Crippen LogP contribution in [0.3, 0.4) is 0 Å². The van der Waals surface area contributed by atoms with Gasteiger partial charge >= 0.3 is 0 Å². The number of hydrogen-bond donors (Lipinski definition) is 1. The van der Waals surface area contributed by atoms with Gasteiger partial charge in [0.25, 0.3) is 0 Å².